The molecule has 19 heavy (non-hydrogen) atoms. The summed E-state index contributed by atoms with van der Waals surface area (Å²) in [6.45, 7) is 4.28. The Morgan fingerprint density at radius 2 is 1.95 bits per heavy atom. The lowest BCUT2D eigenvalue weighted by Crippen LogP contribution is -2.50. The van der Waals surface area contributed by atoms with E-state index in [1.165, 1.54) is 0 Å². The van der Waals surface area contributed by atoms with Crippen molar-refractivity contribution >= 4 is 11.9 Å². The van der Waals surface area contributed by atoms with Crippen LogP contribution >= 0.6 is 0 Å². The monoisotopic (exact) mass is 274 g/mol. The second-order valence-electron chi connectivity index (χ2n) is 3.79. The van der Waals surface area contributed by atoms with Gasteiger partial charge in [-0.05, 0) is 6.92 Å². The molecule has 7 heteroatoms. The molecule has 0 aromatic heterocycles. The van der Waals surface area contributed by atoms with Crippen molar-refractivity contribution < 1.29 is 33.6 Å². The molecule has 0 radical (unpaired) electrons. The van der Waals surface area contributed by atoms with Gasteiger partial charge in [-0.3, -0.25) is 0 Å². The first-order valence-corrected chi connectivity index (χ1v) is 6.05. The predicted molar refractivity (Wildman–Crippen MR) is 62.8 cm³/mol. The zero-order chi connectivity index (χ0) is 14.3. The van der Waals surface area contributed by atoms with Crippen LogP contribution in [0.5, 0.6) is 0 Å². The summed E-state index contributed by atoms with van der Waals surface area (Å²) in [5.41, 5.74) is 0. The summed E-state index contributed by atoms with van der Waals surface area (Å²) in [6, 6.07) is 0. The quantitative estimate of drug-likeness (QED) is 0.543. The SMILES string of the molecule is CCOCCOC1OC(=O)/C=C\C(=O)OC1(O)CC. The van der Waals surface area contributed by atoms with Crippen LogP contribution in [-0.2, 0) is 28.5 Å². The topological polar surface area (TPSA) is 91.3 Å². The lowest BCUT2D eigenvalue weighted by atomic mass is 10.2. The van der Waals surface area contributed by atoms with Gasteiger partial charge in [0.2, 0.25) is 0 Å². The summed E-state index contributed by atoms with van der Waals surface area (Å²) in [4.78, 5) is 22.7. The van der Waals surface area contributed by atoms with Crippen LogP contribution in [-0.4, -0.2) is 48.9 Å². The molecule has 2 unspecified atom stereocenters. The van der Waals surface area contributed by atoms with E-state index in [2.05, 4.69) is 0 Å². The maximum absolute atomic E-state index is 11.3. The largest absolute Gasteiger partial charge is 0.425 e. The van der Waals surface area contributed by atoms with Gasteiger partial charge in [-0.1, -0.05) is 6.92 Å². The molecule has 0 fully saturated rings. The summed E-state index contributed by atoms with van der Waals surface area (Å²) in [5.74, 6) is -3.63. The van der Waals surface area contributed by atoms with Crippen molar-refractivity contribution in [1.29, 1.82) is 0 Å². The number of esters is 2. The molecule has 0 spiro atoms. The number of carbonyl (C=O) groups excluding carboxylic acids is 2. The van der Waals surface area contributed by atoms with Crippen molar-refractivity contribution in [2.45, 2.75) is 32.3 Å². The molecule has 1 N–H and O–H groups in total. The molecule has 0 amide bonds. The molecule has 108 valence electrons. The average molecular weight is 274 g/mol. The molecular weight excluding hydrogens is 256 g/mol. The third-order valence-corrected chi connectivity index (χ3v) is 2.43. The standard InChI is InChI=1S/C12H18O7/c1-3-12(15)11(17-8-7-16-4-2)18-9(13)5-6-10(14)19-12/h5-6,11,15H,3-4,7-8H2,1-2H3/b6-5-. The van der Waals surface area contributed by atoms with Crippen molar-refractivity contribution in [2.75, 3.05) is 19.8 Å². The molecule has 0 aromatic rings. The Morgan fingerprint density at radius 1 is 1.26 bits per heavy atom. The Balaban J connectivity index is 2.73. The molecule has 1 aliphatic rings. The van der Waals surface area contributed by atoms with Gasteiger partial charge in [-0.25, -0.2) is 9.59 Å². The Morgan fingerprint density at radius 3 is 2.58 bits per heavy atom. The Labute approximate surface area is 111 Å². The molecule has 0 saturated carbocycles. The smallest absolute Gasteiger partial charge is 0.333 e. The first-order chi connectivity index (χ1) is 9.01. The summed E-state index contributed by atoms with van der Waals surface area (Å²) in [7, 11) is 0. The number of ether oxygens (including phenoxy) is 4. The molecule has 0 aliphatic carbocycles. The minimum absolute atomic E-state index is 0.0131. The van der Waals surface area contributed by atoms with E-state index >= 15 is 0 Å². The first kappa shape index (κ1) is 15.6. The van der Waals surface area contributed by atoms with Gasteiger partial charge < -0.3 is 24.1 Å². The summed E-state index contributed by atoms with van der Waals surface area (Å²) < 4.78 is 20.0. The molecule has 1 rings (SSSR count). The molecule has 0 bridgehead atoms. The molecular formula is C12H18O7. The van der Waals surface area contributed by atoms with Crippen molar-refractivity contribution in [3.8, 4) is 0 Å². The van der Waals surface area contributed by atoms with E-state index < -0.39 is 24.0 Å². The van der Waals surface area contributed by atoms with E-state index in [4.69, 9.17) is 18.9 Å². The highest BCUT2D eigenvalue weighted by Gasteiger charge is 2.43. The predicted octanol–water partition coefficient (Wildman–Crippen LogP) is 0.120. The molecule has 7 nitrogen and oxygen atoms in total. The van der Waals surface area contributed by atoms with Gasteiger partial charge in [0.15, 0.2) is 0 Å². The number of carbonyl (C=O) groups is 2. The lowest BCUT2D eigenvalue weighted by Gasteiger charge is -2.33. The second kappa shape index (κ2) is 7.22. The maximum Gasteiger partial charge on any atom is 0.333 e. The third-order valence-electron chi connectivity index (χ3n) is 2.43. The highest BCUT2D eigenvalue weighted by Crippen LogP contribution is 2.23. The minimum Gasteiger partial charge on any atom is -0.425 e. The van der Waals surface area contributed by atoms with Crippen LogP contribution in [0.25, 0.3) is 0 Å². The Hall–Kier alpha value is -1.44. The fourth-order valence-electron chi connectivity index (χ4n) is 1.39. The summed E-state index contributed by atoms with van der Waals surface area (Å²) >= 11 is 0. The Bertz CT molecular complexity index is 352. The molecule has 1 heterocycles. The first-order valence-electron chi connectivity index (χ1n) is 6.05. The fourth-order valence-corrected chi connectivity index (χ4v) is 1.39. The average Bonchev–Trinajstić information content (AvgIpc) is 2.38. The minimum atomic E-state index is -2.01. The molecule has 2 atom stereocenters. The number of aliphatic hydroxyl groups is 1. The zero-order valence-corrected chi connectivity index (χ0v) is 11.0. The summed E-state index contributed by atoms with van der Waals surface area (Å²) in [5, 5.41) is 10.2. The fraction of sp³-hybridized carbons (Fsp3) is 0.667. The van der Waals surface area contributed by atoms with Crippen molar-refractivity contribution in [3.05, 3.63) is 12.2 Å². The van der Waals surface area contributed by atoms with E-state index in [9.17, 15) is 14.7 Å². The Kier molecular flexibility index (Phi) is 5.94. The molecule has 1 aliphatic heterocycles. The third kappa shape index (κ3) is 4.62. The van der Waals surface area contributed by atoms with E-state index in [1.807, 2.05) is 6.92 Å². The highest BCUT2D eigenvalue weighted by atomic mass is 16.8. The summed E-state index contributed by atoms with van der Waals surface area (Å²) in [6.07, 6.45) is 0.425. The molecule has 0 saturated heterocycles. The second-order valence-corrected chi connectivity index (χ2v) is 3.79. The zero-order valence-electron chi connectivity index (χ0n) is 11.0. The van der Waals surface area contributed by atoms with Gasteiger partial charge in [0.1, 0.15) is 0 Å². The van der Waals surface area contributed by atoms with E-state index in [-0.39, 0.29) is 19.6 Å². The highest BCUT2D eigenvalue weighted by molar-refractivity contribution is 5.92. The van der Waals surface area contributed by atoms with Crippen LogP contribution in [0.15, 0.2) is 12.2 Å². The van der Waals surface area contributed by atoms with Crippen LogP contribution in [0, 0.1) is 0 Å². The number of rotatable bonds is 6. The van der Waals surface area contributed by atoms with E-state index in [0.717, 1.165) is 12.2 Å². The number of hydrogen-bond donors (Lipinski definition) is 1. The van der Waals surface area contributed by atoms with Crippen LogP contribution in [0.2, 0.25) is 0 Å². The van der Waals surface area contributed by atoms with Crippen molar-refractivity contribution in [1.82, 2.24) is 0 Å². The van der Waals surface area contributed by atoms with Crippen molar-refractivity contribution in [3.63, 3.8) is 0 Å². The van der Waals surface area contributed by atoms with Gasteiger partial charge in [-0.2, -0.15) is 0 Å². The van der Waals surface area contributed by atoms with Gasteiger partial charge in [0.25, 0.3) is 12.1 Å². The number of hydrogen-bond acceptors (Lipinski definition) is 7. The lowest BCUT2D eigenvalue weighted by molar-refractivity contribution is -0.315. The van der Waals surface area contributed by atoms with Gasteiger partial charge in [-0.15, -0.1) is 0 Å². The molecule has 0 aromatic carbocycles. The van der Waals surface area contributed by atoms with Gasteiger partial charge in [0, 0.05) is 25.2 Å². The normalized spacial score (nSPS) is 29.1. The van der Waals surface area contributed by atoms with Crippen LogP contribution in [0.4, 0.5) is 0 Å². The van der Waals surface area contributed by atoms with Gasteiger partial charge in [0.05, 0.1) is 13.2 Å². The van der Waals surface area contributed by atoms with Crippen molar-refractivity contribution in [2.24, 2.45) is 0 Å². The maximum atomic E-state index is 11.3. The number of cyclic esters (lactones) is 2. The van der Waals surface area contributed by atoms with Gasteiger partial charge >= 0.3 is 11.9 Å². The van der Waals surface area contributed by atoms with Crippen LogP contribution in [0.3, 0.4) is 0 Å². The van der Waals surface area contributed by atoms with E-state index in [0.29, 0.717) is 6.61 Å². The van der Waals surface area contributed by atoms with Crippen LogP contribution in [0.1, 0.15) is 20.3 Å². The van der Waals surface area contributed by atoms with Crippen LogP contribution < -0.4 is 0 Å². The van der Waals surface area contributed by atoms with E-state index in [1.54, 1.807) is 6.92 Å².